The number of nitrogens with zero attached hydrogens (tertiary/aromatic N) is 5. The van der Waals surface area contributed by atoms with Crippen molar-refractivity contribution in [2.24, 2.45) is 5.73 Å². The fourth-order valence-electron chi connectivity index (χ4n) is 4.45. The lowest BCUT2D eigenvalue weighted by Gasteiger charge is -2.32. The molecule has 0 spiro atoms. The number of hydrogen-bond donors (Lipinski definition) is 3. The van der Waals surface area contributed by atoms with Crippen LogP contribution in [0.2, 0.25) is 0 Å². The van der Waals surface area contributed by atoms with E-state index in [2.05, 4.69) is 15.0 Å². The molecular formula is C23H21N7O5. The van der Waals surface area contributed by atoms with Crippen molar-refractivity contribution in [3.8, 4) is 11.3 Å². The molecule has 1 saturated heterocycles. The molecule has 0 atom stereocenters. The highest BCUT2D eigenvalue weighted by Gasteiger charge is 2.28. The first-order valence-electron chi connectivity index (χ1n) is 11.0. The van der Waals surface area contributed by atoms with Crippen LogP contribution < -0.4 is 17.0 Å². The minimum atomic E-state index is -1.02. The molecule has 4 aromatic rings. The quantitative estimate of drug-likeness (QED) is 0.270. The van der Waals surface area contributed by atoms with Crippen LogP contribution in [-0.2, 0) is 16.2 Å². The fourth-order valence-corrected chi connectivity index (χ4v) is 4.45. The largest absolute Gasteiger partial charge is 0.390 e. The van der Waals surface area contributed by atoms with E-state index in [1.165, 1.54) is 15.7 Å². The second-order valence-corrected chi connectivity index (χ2v) is 8.30. The number of carbonyl (C=O) groups is 2. The molecule has 0 radical (unpaired) electrons. The van der Waals surface area contributed by atoms with Gasteiger partial charge < -0.3 is 15.7 Å². The molecule has 0 aliphatic carbocycles. The molecule has 1 aliphatic heterocycles. The Labute approximate surface area is 197 Å². The maximum Gasteiger partial charge on any atom is 0.329 e. The van der Waals surface area contributed by atoms with E-state index in [4.69, 9.17) is 10.7 Å². The Morgan fingerprint density at radius 3 is 2.51 bits per heavy atom. The van der Waals surface area contributed by atoms with E-state index >= 15 is 0 Å². The molecule has 178 valence electrons. The van der Waals surface area contributed by atoms with Gasteiger partial charge in [-0.25, -0.2) is 9.78 Å². The van der Waals surface area contributed by atoms with Crippen LogP contribution in [0.4, 0.5) is 0 Å². The van der Waals surface area contributed by atoms with Crippen LogP contribution in [0.1, 0.15) is 24.6 Å². The van der Waals surface area contributed by atoms with Gasteiger partial charge in [-0.05, 0) is 37.1 Å². The van der Waals surface area contributed by atoms with E-state index in [0.29, 0.717) is 46.3 Å². The third-order valence-electron chi connectivity index (χ3n) is 6.22. The number of fused-ring (bicyclic) bond motifs is 3. The van der Waals surface area contributed by atoms with Crippen LogP contribution in [0.5, 0.6) is 0 Å². The molecule has 12 heteroatoms. The minimum absolute atomic E-state index is 0.182. The van der Waals surface area contributed by atoms with Gasteiger partial charge in [-0.1, -0.05) is 0 Å². The normalized spacial score (nSPS) is 14.5. The summed E-state index contributed by atoms with van der Waals surface area (Å²) in [6, 6.07) is 6.63. The summed E-state index contributed by atoms with van der Waals surface area (Å²) < 4.78 is 1.50. The molecule has 0 unspecified atom stereocenters. The van der Waals surface area contributed by atoms with Gasteiger partial charge >= 0.3 is 17.5 Å². The zero-order valence-electron chi connectivity index (χ0n) is 18.5. The molecule has 0 bridgehead atoms. The lowest BCUT2D eigenvalue weighted by Crippen LogP contribution is -2.46. The average Bonchev–Trinajstić information content (AvgIpc) is 2.88. The van der Waals surface area contributed by atoms with Crippen LogP contribution in [0, 0.1) is 0 Å². The average molecular weight is 475 g/mol. The number of carbonyl (C=O) groups excluding carboxylic acids is 2. The number of aromatic nitrogens is 5. The number of aliphatic hydroxyl groups excluding tert-OH is 1. The number of nitrogens with two attached hydrogens (primary N) is 1. The molecule has 1 aliphatic rings. The van der Waals surface area contributed by atoms with Crippen molar-refractivity contribution in [1.82, 2.24) is 29.4 Å². The number of primary amides is 1. The van der Waals surface area contributed by atoms with E-state index < -0.39 is 23.1 Å². The summed E-state index contributed by atoms with van der Waals surface area (Å²) in [5.41, 5.74) is 6.96. The minimum Gasteiger partial charge on any atom is -0.390 e. The van der Waals surface area contributed by atoms with Gasteiger partial charge in [0, 0.05) is 37.1 Å². The summed E-state index contributed by atoms with van der Waals surface area (Å²) in [6.45, 7) is 0.299. The molecule has 0 aromatic carbocycles. The molecule has 0 saturated carbocycles. The van der Waals surface area contributed by atoms with E-state index in [0.717, 1.165) is 0 Å². The molecule has 5 heterocycles. The predicted molar refractivity (Wildman–Crippen MR) is 125 cm³/mol. The molecule has 5 rings (SSSR count). The number of hydrogen-bond acceptors (Lipinski definition) is 8. The van der Waals surface area contributed by atoms with Crippen molar-refractivity contribution in [2.75, 3.05) is 13.1 Å². The molecule has 4 N–H and O–H groups in total. The number of amides is 2. The first kappa shape index (κ1) is 22.3. The first-order chi connectivity index (χ1) is 16.9. The monoisotopic (exact) mass is 475 g/mol. The number of likely N-dealkylation sites (tertiary alicyclic amines) is 1. The number of piperidine rings is 1. The van der Waals surface area contributed by atoms with Crippen molar-refractivity contribution in [2.45, 2.75) is 25.5 Å². The molecule has 4 aromatic heterocycles. The Morgan fingerprint density at radius 1 is 1.09 bits per heavy atom. The predicted octanol–water partition coefficient (Wildman–Crippen LogP) is -0.164. The highest BCUT2D eigenvalue weighted by Crippen LogP contribution is 2.28. The highest BCUT2D eigenvalue weighted by molar-refractivity contribution is 6.34. The zero-order valence-corrected chi connectivity index (χ0v) is 18.5. The number of pyridine rings is 3. The van der Waals surface area contributed by atoms with E-state index in [1.54, 1.807) is 30.5 Å². The summed E-state index contributed by atoms with van der Waals surface area (Å²) in [5, 5.41) is 9.46. The maximum atomic E-state index is 13.0. The van der Waals surface area contributed by atoms with Gasteiger partial charge in [0.05, 0.1) is 34.4 Å². The molecule has 35 heavy (non-hydrogen) atoms. The topological polar surface area (TPSA) is 177 Å². The number of rotatable bonds is 3. The summed E-state index contributed by atoms with van der Waals surface area (Å²) in [7, 11) is 0. The van der Waals surface area contributed by atoms with Crippen LogP contribution >= 0.6 is 0 Å². The second-order valence-electron chi connectivity index (χ2n) is 8.30. The zero-order chi connectivity index (χ0) is 24.7. The van der Waals surface area contributed by atoms with E-state index in [-0.39, 0.29) is 31.1 Å². The Kier molecular flexibility index (Phi) is 5.57. The van der Waals surface area contributed by atoms with Crippen molar-refractivity contribution in [1.29, 1.82) is 0 Å². The van der Waals surface area contributed by atoms with Crippen LogP contribution in [0.15, 0.2) is 46.2 Å². The third kappa shape index (κ3) is 3.93. The number of H-pyrrole nitrogens is 1. The van der Waals surface area contributed by atoms with Crippen LogP contribution in [0.25, 0.3) is 33.2 Å². The summed E-state index contributed by atoms with van der Waals surface area (Å²) in [4.78, 5) is 65.8. The summed E-state index contributed by atoms with van der Waals surface area (Å²) >= 11 is 0. The van der Waals surface area contributed by atoms with Crippen molar-refractivity contribution < 1.29 is 14.7 Å². The molecule has 12 nitrogen and oxygen atoms in total. The van der Waals surface area contributed by atoms with E-state index in [9.17, 15) is 24.3 Å². The van der Waals surface area contributed by atoms with Crippen molar-refractivity contribution in [3.63, 3.8) is 0 Å². The summed E-state index contributed by atoms with van der Waals surface area (Å²) in [5.74, 6) is -1.78. The third-order valence-corrected chi connectivity index (χ3v) is 6.22. The lowest BCUT2D eigenvalue weighted by molar-refractivity contribution is -0.145. The van der Waals surface area contributed by atoms with Gasteiger partial charge in [0.2, 0.25) is 0 Å². The van der Waals surface area contributed by atoms with Gasteiger partial charge in [-0.2, -0.15) is 0 Å². The van der Waals surface area contributed by atoms with Gasteiger partial charge in [0.1, 0.15) is 5.52 Å². The maximum absolute atomic E-state index is 13.0. The fraction of sp³-hybridized carbons (Fsp3) is 0.261. The number of aromatic amines is 1. The van der Waals surface area contributed by atoms with Gasteiger partial charge in [0.15, 0.2) is 0 Å². The van der Waals surface area contributed by atoms with Gasteiger partial charge in [-0.15, -0.1) is 0 Å². The van der Waals surface area contributed by atoms with Gasteiger partial charge in [0.25, 0.3) is 5.56 Å². The second kappa shape index (κ2) is 8.72. The number of nitrogens with one attached hydrogen (secondary N) is 1. The van der Waals surface area contributed by atoms with Crippen molar-refractivity contribution >= 4 is 33.8 Å². The van der Waals surface area contributed by atoms with Crippen LogP contribution in [-0.4, -0.2) is 59.4 Å². The standard InChI is InChI=1S/C23H21N7O5/c24-20(32)22(34)29-7-5-14(6-8-29)30-19-15(21(33)28-23(30)35)10-26-17-4-3-16(27-18(17)19)12-1-2-13(11-31)25-9-12/h1-4,9-10,14,31H,5-8,11H2,(H2,24,32)(H,28,33,35). The Bertz CT molecular complexity index is 1580. The first-order valence-corrected chi connectivity index (χ1v) is 11.0. The SMILES string of the molecule is NC(=O)C(=O)N1CCC(n2c(=O)[nH]c(=O)c3cnc4ccc(-c5ccc(CO)nc5)nc4c32)CC1. The summed E-state index contributed by atoms with van der Waals surface area (Å²) in [6.07, 6.45) is 3.77. The molecule has 2 amide bonds. The molecule has 1 fully saturated rings. The number of aliphatic hydroxyl groups is 1. The Balaban J connectivity index is 1.65. The molecular weight excluding hydrogens is 454 g/mol. The van der Waals surface area contributed by atoms with Gasteiger partial charge in [-0.3, -0.25) is 33.9 Å². The lowest BCUT2D eigenvalue weighted by atomic mass is 10.0. The Morgan fingerprint density at radius 2 is 1.86 bits per heavy atom. The van der Waals surface area contributed by atoms with Crippen LogP contribution in [0.3, 0.4) is 0 Å². The Hall–Kier alpha value is -4.45. The van der Waals surface area contributed by atoms with Crippen molar-refractivity contribution in [3.05, 3.63) is 63.2 Å². The highest BCUT2D eigenvalue weighted by atomic mass is 16.3. The van der Waals surface area contributed by atoms with E-state index in [1.807, 2.05) is 0 Å². The smallest absolute Gasteiger partial charge is 0.329 e.